The van der Waals surface area contributed by atoms with Gasteiger partial charge in [-0.05, 0) is 31.9 Å². The Kier molecular flexibility index (Phi) is 5.52. The monoisotopic (exact) mass is 401 g/mol. The largest absolute Gasteiger partial charge is 0.492 e. The van der Waals surface area contributed by atoms with Gasteiger partial charge in [-0.25, -0.2) is 9.98 Å². The molecule has 1 amide bonds. The summed E-state index contributed by atoms with van der Waals surface area (Å²) in [5.74, 6) is 1.25. The molecule has 1 unspecified atom stereocenters. The number of rotatable bonds is 8. The van der Waals surface area contributed by atoms with Gasteiger partial charge in [0.15, 0.2) is 0 Å². The second-order valence-electron chi connectivity index (χ2n) is 7.17. The average Bonchev–Trinajstić information content (AvgIpc) is 3.30. The number of halogens is 1. The first-order valence-electron chi connectivity index (χ1n) is 9.69. The summed E-state index contributed by atoms with van der Waals surface area (Å²) in [6.45, 7) is 4.06. The summed E-state index contributed by atoms with van der Waals surface area (Å²) in [6, 6.07) is 3.52. The fourth-order valence-electron chi connectivity index (χ4n) is 3.51. The quantitative estimate of drug-likeness (QED) is 0.687. The first-order valence-corrected chi connectivity index (χ1v) is 10.1. The molecule has 0 aliphatic carbocycles. The van der Waals surface area contributed by atoms with Crippen LogP contribution in [0.15, 0.2) is 35.8 Å². The second kappa shape index (κ2) is 8.22. The number of ether oxygens (including phenoxy) is 1. The number of guanidine groups is 1. The Balaban J connectivity index is 1.27. The van der Waals surface area contributed by atoms with Gasteiger partial charge in [-0.3, -0.25) is 10.1 Å². The highest BCUT2D eigenvalue weighted by Gasteiger charge is 2.36. The molecule has 28 heavy (non-hydrogen) atoms. The Morgan fingerprint density at radius 1 is 1.29 bits per heavy atom. The molecule has 1 aromatic heterocycles. The van der Waals surface area contributed by atoms with E-state index in [2.05, 4.69) is 19.9 Å². The molecule has 7 nitrogen and oxygen atoms in total. The molecule has 0 saturated carbocycles. The summed E-state index contributed by atoms with van der Waals surface area (Å²) < 4.78 is 8.02. The maximum absolute atomic E-state index is 11.9. The van der Waals surface area contributed by atoms with E-state index in [1.807, 2.05) is 36.5 Å². The van der Waals surface area contributed by atoms with Gasteiger partial charge >= 0.3 is 0 Å². The molecule has 2 aliphatic heterocycles. The van der Waals surface area contributed by atoms with Crippen LogP contribution in [0.2, 0.25) is 5.02 Å². The molecule has 8 heteroatoms. The maximum atomic E-state index is 11.9. The number of carbonyl (C=O) groups is 1. The Labute approximate surface area is 169 Å². The van der Waals surface area contributed by atoms with E-state index in [1.165, 1.54) is 0 Å². The van der Waals surface area contributed by atoms with Gasteiger partial charge in [-0.1, -0.05) is 24.4 Å². The lowest BCUT2D eigenvalue weighted by Crippen LogP contribution is -2.35. The van der Waals surface area contributed by atoms with Crippen molar-refractivity contribution in [3.05, 3.63) is 41.4 Å². The van der Waals surface area contributed by atoms with Crippen molar-refractivity contribution in [1.29, 1.82) is 0 Å². The van der Waals surface area contributed by atoms with Crippen LogP contribution in [0.4, 0.5) is 5.69 Å². The Bertz CT molecular complexity index is 881. The smallest absolute Gasteiger partial charge is 0.249 e. The van der Waals surface area contributed by atoms with Crippen molar-refractivity contribution in [1.82, 2.24) is 19.8 Å². The molecule has 0 bridgehead atoms. The molecule has 1 aromatic carbocycles. The van der Waals surface area contributed by atoms with Gasteiger partial charge < -0.3 is 14.2 Å². The number of carbonyl (C=O) groups excluding carboxylic acids is 1. The molecular weight excluding hydrogens is 378 g/mol. The topological polar surface area (TPSA) is 71.7 Å². The van der Waals surface area contributed by atoms with E-state index in [-0.39, 0.29) is 11.9 Å². The molecule has 3 heterocycles. The van der Waals surface area contributed by atoms with Crippen molar-refractivity contribution in [2.24, 2.45) is 4.99 Å². The van der Waals surface area contributed by atoms with Gasteiger partial charge in [-0.15, -0.1) is 0 Å². The minimum Gasteiger partial charge on any atom is -0.492 e. The Hall–Kier alpha value is -2.54. The van der Waals surface area contributed by atoms with Crippen molar-refractivity contribution in [2.75, 3.05) is 6.61 Å². The number of unbranched alkanes of at least 4 members (excludes halogenated alkanes) is 3. The first-order chi connectivity index (χ1) is 13.6. The first kappa shape index (κ1) is 18.8. The third-order valence-electron chi connectivity index (χ3n) is 5.22. The van der Waals surface area contributed by atoms with Crippen LogP contribution in [-0.2, 0) is 17.9 Å². The van der Waals surface area contributed by atoms with Gasteiger partial charge in [0.05, 0.1) is 30.2 Å². The summed E-state index contributed by atoms with van der Waals surface area (Å²) in [7, 11) is 0. The molecule has 1 fully saturated rings. The number of hydrogen-bond donors (Lipinski definition) is 1. The van der Waals surface area contributed by atoms with E-state index in [1.54, 1.807) is 6.20 Å². The van der Waals surface area contributed by atoms with Crippen LogP contribution in [0.25, 0.3) is 0 Å². The number of nitrogens with zero attached hydrogens (tertiary/aromatic N) is 4. The van der Waals surface area contributed by atoms with Crippen molar-refractivity contribution < 1.29 is 9.53 Å². The lowest BCUT2D eigenvalue weighted by atomic mass is 10.1. The molecule has 4 rings (SSSR count). The SMILES string of the molecule is CC1C(=O)NC2=Nc3ccc(OCCCCCCn4ccnc4)c(Cl)c3CN21. The summed E-state index contributed by atoms with van der Waals surface area (Å²) in [6.07, 6.45) is 10.0. The summed E-state index contributed by atoms with van der Waals surface area (Å²) in [5.41, 5.74) is 1.70. The molecule has 0 radical (unpaired) electrons. The highest BCUT2D eigenvalue weighted by atomic mass is 35.5. The number of benzene rings is 1. The van der Waals surface area contributed by atoms with E-state index in [0.29, 0.717) is 29.9 Å². The van der Waals surface area contributed by atoms with Crippen LogP contribution in [0.5, 0.6) is 5.75 Å². The number of hydrogen-bond acceptors (Lipinski definition) is 5. The Morgan fingerprint density at radius 2 is 2.14 bits per heavy atom. The molecule has 2 aliphatic rings. The predicted octanol–water partition coefficient (Wildman–Crippen LogP) is 3.50. The molecule has 1 saturated heterocycles. The van der Waals surface area contributed by atoms with Crippen LogP contribution in [0.1, 0.15) is 38.2 Å². The molecule has 1 atom stereocenters. The second-order valence-corrected chi connectivity index (χ2v) is 7.55. The third-order valence-corrected chi connectivity index (χ3v) is 5.63. The lowest BCUT2D eigenvalue weighted by Gasteiger charge is -2.27. The van der Waals surface area contributed by atoms with E-state index < -0.39 is 0 Å². The zero-order valence-corrected chi connectivity index (χ0v) is 16.7. The molecule has 148 valence electrons. The van der Waals surface area contributed by atoms with E-state index in [9.17, 15) is 4.79 Å². The third kappa shape index (κ3) is 3.85. The molecular formula is C20H24ClN5O2. The highest BCUT2D eigenvalue weighted by Crippen LogP contribution is 2.39. The van der Waals surface area contributed by atoms with Crippen LogP contribution in [0.3, 0.4) is 0 Å². The van der Waals surface area contributed by atoms with Gasteiger partial charge in [0, 0.05) is 24.5 Å². The number of aryl methyl sites for hydroxylation is 1. The normalized spacial score (nSPS) is 17.8. The minimum absolute atomic E-state index is 0.0350. The van der Waals surface area contributed by atoms with Crippen molar-refractivity contribution in [2.45, 2.75) is 51.7 Å². The average molecular weight is 402 g/mol. The summed E-state index contributed by atoms with van der Waals surface area (Å²) in [5, 5.41) is 3.40. The van der Waals surface area contributed by atoms with Crippen LogP contribution in [0, 0.1) is 0 Å². The zero-order valence-electron chi connectivity index (χ0n) is 15.9. The predicted molar refractivity (Wildman–Crippen MR) is 108 cm³/mol. The van der Waals surface area contributed by atoms with Gasteiger partial charge in [0.2, 0.25) is 11.9 Å². The van der Waals surface area contributed by atoms with Crippen LogP contribution < -0.4 is 10.1 Å². The number of amides is 1. The van der Waals surface area contributed by atoms with Crippen molar-refractivity contribution in [3.63, 3.8) is 0 Å². The highest BCUT2D eigenvalue weighted by molar-refractivity contribution is 6.33. The lowest BCUT2D eigenvalue weighted by molar-refractivity contribution is -0.121. The Morgan fingerprint density at radius 3 is 2.96 bits per heavy atom. The van der Waals surface area contributed by atoms with Gasteiger partial charge in [0.25, 0.3) is 0 Å². The van der Waals surface area contributed by atoms with E-state index in [4.69, 9.17) is 16.3 Å². The molecule has 0 spiro atoms. The van der Waals surface area contributed by atoms with Gasteiger partial charge in [-0.2, -0.15) is 0 Å². The van der Waals surface area contributed by atoms with E-state index >= 15 is 0 Å². The van der Waals surface area contributed by atoms with E-state index in [0.717, 1.165) is 43.5 Å². The number of nitrogens with one attached hydrogen (secondary N) is 1. The number of fused-ring (bicyclic) bond motifs is 2. The zero-order chi connectivity index (χ0) is 19.5. The number of imidazole rings is 1. The molecule has 1 N–H and O–H groups in total. The minimum atomic E-state index is -0.241. The fraction of sp³-hybridized carbons (Fsp3) is 0.450. The summed E-state index contributed by atoms with van der Waals surface area (Å²) in [4.78, 5) is 22.4. The van der Waals surface area contributed by atoms with Crippen molar-refractivity contribution >= 4 is 29.2 Å². The van der Waals surface area contributed by atoms with Crippen LogP contribution in [-0.4, -0.2) is 39.0 Å². The number of aromatic nitrogens is 2. The fourth-order valence-corrected chi connectivity index (χ4v) is 3.78. The maximum Gasteiger partial charge on any atom is 0.249 e. The van der Waals surface area contributed by atoms with Gasteiger partial charge in [0.1, 0.15) is 11.8 Å². The summed E-state index contributed by atoms with van der Waals surface area (Å²) >= 11 is 6.59. The molecule has 2 aromatic rings. The van der Waals surface area contributed by atoms with Crippen molar-refractivity contribution in [3.8, 4) is 5.75 Å². The number of aliphatic imine (C=N–C) groups is 1. The van der Waals surface area contributed by atoms with Crippen LogP contribution >= 0.6 is 11.6 Å². The standard InChI is InChI=1S/C20H24ClN5O2/c1-14-19(27)24-20-23-16-6-7-17(18(21)15(16)12-26(14)20)28-11-5-3-2-4-9-25-10-8-22-13-25/h6-8,10,13-14H,2-5,9,11-12H2,1H3,(H,23,24,27).